The number of carbonyl (C=O) groups is 1. The van der Waals surface area contributed by atoms with E-state index in [1.54, 1.807) is 18.7 Å². The van der Waals surface area contributed by atoms with Gasteiger partial charge in [-0.2, -0.15) is 5.10 Å². The highest BCUT2D eigenvalue weighted by molar-refractivity contribution is 7.89. The third-order valence-electron chi connectivity index (χ3n) is 3.45. The number of likely N-dealkylation sites (tertiary alicyclic amines) is 1. The number of H-pyrrole nitrogens is 1. The van der Waals surface area contributed by atoms with E-state index in [4.69, 9.17) is 0 Å². The van der Waals surface area contributed by atoms with Crippen molar-refractivity contribution in [2.45, 2.75) is 38.0 Å². The molecule has 0 unspecified atom stereocenters. The molecule has 2 rings (SSSR count). The topological polar surface area (TPSA) is 95.2 Å². The fourth-order valence-corrected chi connectivity index (χ4v) is 3.76. The minimum Gasteiger partial charge on any atom is -0.342 e. The van der Waals surface area contributed by atoms with E-state index in [2.05, 4.69) is 14.9 Å². The van der Waals surface area contributed by atoms with Gasteiger partial charge in [0, 0.05) is 13.1 Å². The van der Waals surface area contributed by atoms with Crippen molar-refractivity contribution in [1.82, 2.24) is 19.8 Å². The first-order valence-electron chi connectivity index (χ1n) is 6.71. The first-order chi connectivity index (χ1) is 9.42. The Bertz CT molecular complexity index is 568. The van der Waals surface area contributed by atoms with E-state index >= 15 is 0 Å². The molecule has 1 aromatic rings. The van der Waals surface area contributed by atoms with Gasteiger partial charge in [-0.05, 0) is 33.1 Å². The number of hydrogen-bond donors (Lipinski definition) is 2. The number of piperidine rings is 1. The summed E-state index contributed by atoms with van der Waals surface area (Å²) in [6, 6.07) is 0. The average Bonchev–Trinajstić information content (AvgIpc) is 2.77. The maximum absolute atomic E-state index is 12.2. The van der Waals surface area contributed by atoms with Crippen LogP contribution in [0.2, 0.25) is 0 Å². The molecule has 112 valence electrons. The maximum Gasteiger partial charge on any atom is 0.244 e. The quantitative estimate of drug-likeness (QED) is 0.837. The van der Waals surface area contributed by atoms with Crippen LogP contribution in [0, 0.1) is 13.8 Å². The second-order valence-corrected chi connectivity index (χ2v) is 6.73. The van der Waals surface area contributed by atoms with Crippen LogP contribution in [-0.2, 0) is 14.8 Å². The zero-order valence-corrected chi connectivity index (χ0v) is 12.6. The van der Waals surface area contributed by atoms with Gasteiger partial charge in [0.15, 0.2) is 0 Å². The van der Waals surface area contributed by atoms with Crippen molar-refractivity contribution in [3.63, 3.8) is 0 Å². The van der Waals surface area contributed by atoms with Crippen LogP contribution < -0.4 is 4.72 Å². The Kier molecular flexibility index (Phi) is 4.44. The van der Waals surface area contributed by atoms with E-state index in [1.165, 1.54) is 0 Å². The summed E-state index contributed by atoms with van der Waals surface area (Å²) in [5.74, 6) is -0.174. The zero-order valence-electron chi connectivity index (χ0n) is 11.8. The number of amides is 1. The maximum atomic E-state index is 12.2. The van der Waals surface area contributed by atoms with Gasteiger partial charge in [0.25, 0.3) is 0 Å². The SMILES string of the molecule is Cc1n[nH]c(C)c1S(=O)(=O)NCC(=O)N1CCCCC1. The molecule has 1 amide bonds. The van der Waals surface area contributed by atoms with Gasteiger partial charge in [0.1, 0.15) is 4.90 Å². The Balaban J connectivity index is 2.01. The highest BCUT2D eigenvalue weighted by Crippen LogP contribution is 2.16. The fraction of sp³-hybridized carbons (Fsp3) is 0.667. The molecule has 1 aromatic heterocycles. The number of aromatic amines is 1. The highest BCUT2D eigenvalue weighted by atomic mass is 32.2. The second kappa shape index (κ2) is 5.92. The summed E-state index contributed by atoms with van der Waals surface area (Å²) < 4.78 is 26.7. The molecule has 8 heteroatoms. The van der Waals surface area contributed by atoms with Gasteiger partial charge in [0.2, 0.25) is 15.9 Å². The van der Waals surface area contributed by atoms with Crippen molar-refractivity contribution < 1.29 is 13.2 Å². The van der Waals surface area contributed by atoms with Crippen LogP contribution in [0.25, 0.3) is 0 Å². The summed E-state index contributed by atoms with van der Waals surface area (Å²) in [7, 11) is -3.70. The fourth-order valence-electron chi connectivity index (χ4n) is 2.42. The molecule has 0 aliphatic carbocycles. The van der Waals surface area contributed by atoms with Crippen molar-refractivity contribution in [2.75, 3.05) is 19.6 Å². The smallest absolute Gasteiger partial charge is 0.244 e. The number of nitrogens with zero attached hydrogens (tertiary/aromatic N) is 2. The van der Waals surface area contributed by atoms with Crippen LogP contribution in [0.5, 0.6) is 0 Å². The zero-order chi connectivity index (χ0) is 14.8. The molecular weight excluding hydrogens is 280 g/mol. The Morgan fingerprint density at radius 2 is 1.95 bits per heavy atom. The lowest BCUT2D eigenvalue weighted by molar-refractivity contribution is -0.130. The molecule has 1 aliphatic heterocycles. The van der Waals surface area contributed by atoms with Crippen LogP contribution in [0.1, 0.15) is 30.7 Å². The second-order valence-electron chi connectivity index (χ2n) is 5.03. The first-order valence-corrected chi connectivity index (χ1v) is 8.19. The summed E-state index contributed by atoms with van der Waals surface area (Å²) in [6.45, 7) is 4.48. The van der Waals surface area contributed by atoms with Crippen LogP contribution in [0.15, 0.2) is 4.90 Å². The molecule has 2 heterocycles. The number of rotatable bonds is 4. The summed E-state index contributed by atoms with van der Waals surface area (Å²) in [5, 5.41) is 6.49. The van der Waals surface area contributed by atoms with Gasteiger partial charge in [-0.1, -0.05) is 0 Å². The molecule has 20 heavy (non-hydrogen) atoms. The highest BCUT2D eigenvalue weighted by Gasteiger charge is 2.24. The number of aromatic nitrogens is 2. The molecule has 1 saturated heterocycles. The molecule has 1 fully saturated rings. The summed E-state index contributed by atoms with van der Waals surface area (Å²) in [5.41, 5.74) is 0.876. The number of carbonyl (C=O) groups excluding carboxylic acids is 1. The lowest BCUT2D eigenvalue weighted by atomic mass is 10.1. The largest absolute Gasteiger partial charge is 0.342 e. The number of hydrogen-bond acceptors (Lipinski definition) is 4. The van der Waals surface area contributed by atoms with Crippen molar-refractivity contribution in [1.29, 1.82) is 0 Å². The lowest BCUT2D eigenvalue weighted by Gasteiger charge is -2.26. The van der Waals surface area contributed by atoms with Crippen LogP contribution in [0.4, 0.5) is 0 Å². The van der Waals surface area contributed by atoms with E-state index in [9.17, 15) is 13.2 Å². The molecule has 0 radical (unpaired) electrons. The Morgan fingerprint density at radius 3 is 2.50 bits per heavy atom. The Morgan fingerprint density at radius 1 is 1.30 bits per heavy atom. The summed E-state index contributed by atoms with van der Waals surface area (Å²) in [6.07, 6.45) is 3.10. The average molecular weight is 300 g/mol. The number of aryl methyl sites for hydroxylation is 2. The minimum absolute atomic E-state index is 0.129. The number of nitrogens with one attached hydrogen (secondary N) is 2. The van der Waals surface area contributed by atoms with E-state index in [1.807, 2.05) is 0 Å². The molecule has 7 nitrogen and oxygen atoms in total. The lowest BCUT2D eigenvalue weighted by Crippen LogP contribution is -2.42. The molecule has 0 aromatic carbocycles. The van der Waals surface area contributed by atoms with Gasteiger partial charge < -0.3 is 4.90 Å². The molecule has 0 saturated carbocycles. The first kappa shape index (κ1) is 15.0. The molecule has 2 N–H and O–H groups in total. The molecule has 0 atom stereocenters. The van der Waals surface area contributed by atoms with Crippen LogP contribution in [0.3, 0.4) is 0 Å². The third kappa shape index (κ3) is 3.18. The van der Waals surface area contributed by atoms with Gasteiger partial charge in [-0.3, -0.25) is 9.89 Å². The molecule has 1 aliphatic rings. The minimum atomic E-state index is -3.70. The van der Waals surface area contributed by atoms with E-state index < -0.39 is 10.0 Å². The van der Waals surface area contributed by atoms with Crippen molar-refractivity contribution in [2.24, 2.45) is 0 Å². The van der Waals surface area contributed by atoms with Crippen molar-refractivity contribution >= 4 is 15.9 Å². The van der Waals surface area contributed by atoms with Crippen LogP contribution in [-0.4, -0.2) is 49.1 Å². The summed E-state index contributed by atoms with van der Waals surface area (Å²) >= 11 is 0. The van der Waals surface area contributed by atoms with Gasteiger partial charge in [-0.15, -0.1) is 0 Å². The molecule has 0 bridgehead atoms. The number of sulfonamides is 1. The Hall–Kier alpha value is -1.41. The normalized spacial score (nSPS) is 16.4. The van der Waals surface area contributed by atoms with Gasteiger partial charge in [0.05, 0.1) is 17.9 Å². The van der Waals surface area contributed by atoms with E-state index in [0.29, 0.717) is 24.5 Å². The van der Waals surface area contributed by atoms with E-state index in [0.717, 1.165) is 19.3 Å². The standard InChI is InChI=1S/C12H20N4O3S/c1-9-12(10(2)15-14-9)20(18,19)13-8-11(17)16-6-4-3-5-7-16/h13H,3-8H2,1-2H3,(H,14,15). The van der Waals surface area contributed by atoms with Gasteiger partial charge in [-0.25, -0.2) is 13.1 Å². The van der Waals surface area contributed by atoms with Crippen LogP contribution >= 0.6 is 0 Å². The summed E-state index contributed by atoms with van der Waals surface area (Å²) in [4.78, 5) is 13.8. The monoisotopic (exact) mass is 300 g/mol. The van der Waals surface area contributed by atoms with E-state index in [-0.39, 0.29) is 17.3 Å². The molecule has 0 spiro atoms. The van der Waals surface area contributed by atoms with Gasteiger partial charge >= 0.3 is 0 Å². The predicted octanol–water partition coefficient (Wildman–Crippen LogP) is 0.317. The predicted molar refractivity (Wildman–Crippen MR) is 73.7 cm³/mol. The third-order valence-corrected chi connectivity index (χ3v) is 5.11. The van der Waals surface area contributed by atoms with Crippen molar-refractivity contribution in [3.8, 4) is 0 Å². The van der Waals surface area contributed by atoms with Crippen molar-refractivity contribution in [3.05, 3.63) is 11.4 Å². The molecular formula is C12H20N4O3S. The Labute approximate surface area is 118 Å².